The summed E-state index contributed by atoms with van der Waals surface area (Å²) in [5.74, 6) is -0.565. The van der Waals surface area contributed by atoms with Crippen LogP contribution in [0.1, 0.15) is 168 Å². The molecule has 0 saturated carbocycles. The van der Waals surface area contributed by atoms with Crippen molar-refractivity contribution in [3.8, 4) is 0 Å². The van der Waals surface area contributed by atoms with Gasteiger partial charge in [-0.25, -0.2) is 4.57 Å². The Balaban J connectivity index is 3.69. The van der Waals surface area contributed by atoms with Crippen molar-refractivity contribution in [3.05, 3.63) is 122 Å². The first kappa shape index (κ1) is 59.4. The first-order valence-electron chi connectivity index (χ1n) is 24.0. The minimum Gasteiger partial charge on any atom is -0.463 e. The number of hydrogen-bond donors (Lipinski definition) is 3. The van der Waals surface area contributed by atoms with Crippen LogP contribution >= 0.6 is 7.82 Å². The minimum absolute atomic E-state index is 0.0600. The van der Waals surface area contributed by atoms with Gasteiger partial charge in [-0.05, 0) is 103 Å². The third-order valence-electron chi connectivity index (χ3n) is 9.39. The van der Waals surface area contributed by atoms with Crippen LogP contribution in [-0.2, 0) is 27.9 Å². The molecular formula is C53H86NO8P. The number of allylic oxidation sites excluding steroid dienone is 20. The zero-order valence-corrected chi connectivity index (χ0v) is 40.1. The van der Waals surface area contributed by atoms with E-state index in [9.17, 15) is 24.2 Å². The number of unbranched alkanes of at least 4 members (excludes halogenated alkanes) is 10. The number of carbonyl (C=O) groups excluding carboxylic acids is 2. The Hall–Kier alpha value is -3.59. The second-order valence-electron chi connectivity index (χ2n) is 15.3. The third-order valence-corrected chi connectivity index (χ3v) is 10.4. The highest BCUT2D eigenvalue weighted by atomic mass is 31.2. The molecule has 63 heavy (non-hydrogen) atoms. The van der Waals surface area contributed by atoms with E-state index in [-0.39, 0.29) is 32.1 Å². The Labute approximate surface area is 383 Å². The van der Waals surface area contributed by atoms with Gasteiger partial charge in [0, 0.05) is 19.4 Å². The molecule has 2 unspecified atom stereocenters. The summed E-state index contributed by atoms with van der Waals surface area (Å²) in [6.07, 6.45) is 65.5. The summed E-state index contributed by atoms with van der Waals surface area (Å²) >= 11 is 0. The van der Waals surface area contributed by atoms with Crippen LogP contribution in [0.3, 0.4) is 0 Å². The lowest BCUT2D eigenvalue weighted by Crippen LogP contribution is -2.27. The summed E-state index contributed by atoms with van der Waals surface area (Å²) in [4.78, 5) is 34.0. The topological polar surface area (TPSA) is 131 Å². The van der Waals surface area contributed by atoms with E-state index < -0.39 is 26.5 Å². The molecule has 356 valence electrons. The number of rotatable bonds is 43. The molecule has 1 amide bonds. The maximum absolute atomic E-state index is 12.1. The number of nitrogens with one attached hydrogen (secondary N) is 1. The Morgan fingerprint density at radius 2 is 0.857 bits per heavy atom. The lowest BCUT2D eigenvalue weighted by atomic mass is 10.1. The van der Waals surface area contributed by atoms with Crippen LogP contribution < -0.4 is 5.32 Å². The molecule has 10 heteroatoms. The summed E-state index contributed by atoms with van der Waals surface area (Å²) in [5, 5.41) is 12.7. The lowest BCUT2D eigenvalue weighted by molar-refractivity contribution is -0.147. The van der Waals surface area contributed by atoms with Gasteiger partial charge in [0.15, 0.2) is 0 Å². The minimum atomic E-state index is -4.44. The van der Waals surface area contributed by atoms with Gasteiger partial charge >= 0.3 is 13.8 Å². The summed E-state index contributed by atoms with van der Waals surface area (Å²) < 4.78 is 26.9. The van der Waals surface area contributed by atoms with Gasteiger partial charge in [0.25, 0.3) is 0 Å². The fourth-order valence-corrected chi connectivity index (χ4v) is 6.60. The zero-order chi connectivity index (χ0) is 46.0. The van der Waals surface area contributed by atoms with Gasteiger partial charge < -0.3 is 20.1 Å². The highest BCUT2D eigenvalue weighted by Gasteiger charge is 2.23. The lowest BCUT2D eigenvalue weighted by Gasteiger charge is -2.15. The van der Waals surface area contributed by atoms with Crippen molar-refractivity contribution in [2.24, 2.45) is 0 Å². The smallest absolute Gasteiger partial charge is 0.463 e. The molecule has 2 atom stereocenters. The van der Waals surface area contributed by atoms with Crippen LogP contribution in [-0.4, -0.2) is 54.3 Å². The number of amides is 1. The number of aliphatic hydroxyl groups is 1. The van der Waals surface area contributed by atoms with E-state index in [1.54, 1.807) is 0 Å². The molecule has 0 bridgehead atoms. The molecule has 0 aromatic heterocycles. The first-order chi connectivity index (χ1) is 30.8. The second-order valence-corrected chi connectivity index (χ2v) is 16.8. The van der Waals surface area contributed by atoms with Crippen LogP contribution in [0.2, 0.25) is 0 Å². The molecule has 0 spiro atoms. The zero-order valence-electron chi connectivity index (χ0n) is 39.2. The van der Waals surface area contributed by atoms with E-state index in [0.717, 1.165) is 135 Å². The SMILES string of the molecule is CC/C=C\C/C=C\C/C=C\C/C=C\C/C=C\CCCCCCCC(=O)NCCOP(=O)(O)OCC(O)COC(=O)CCCCCCC/C=C\C/C=C\C/C=C\C/C=C\C/C=C\CC. The number of esters is 1. The maximum Gasteiger partial charge on any atom is 0.472 e. The Morgan fingerprint density at radius 1 is 0.492 bits per heavy atom. The second kappa shape index (κ2) is 47.9. The predicted molar refractivity (Wildman–Crippen MR) is 265 cm³/mol. The van der Waals surface area contributed by atoms with E-state index in [4.69, 9.17) is 13.8 Å². The highest BCUT2D eigenvalue weighted by Crippen LogP contribution is 2.42. The van der Waals surface area contributed by atoms with Gasteiger partial charge in [-0.15, -0.1) is 0 Å². The average molecular weight is 896 g/mol. The standard InChI is InChI=1S/C53H86NO8P/c1-3-5-7-9-11-13-15-17-19-21-23-25-27-29-31-33-35-37-39-41-43-45-52(56)54-47-48-61-63(58,59)62-50-51(55)49-60-53(57)46-44-42-40-38-36-34-32-30-28-26-24-22-20-18-16-14-12-10-8-6-4-2/h5-8,11-14,17-20,23-26,29-32,51,55H,3-4,9-10,15-16,21-22,27-28,33-50H2,1-2H3,(H,54,56)(H,58,59)/b7-5-,8-6-,13-11-,14-12-,19-17-,20-18-,25-23-,26-24-,31-29-,32-30-. The Morgan fingerprint density at radius 3 is 1.29 bits per heavy atom. The molecule has 9 nitrogen and oxygen atoms in total. The summed E-state index contributed by atoms with van der Waals surface area (Å²) in [5.41, 5.74) is 0. The number of aliphatic hydroxyl groups excluding tert-OH is 1. The highest BCUT2D eigenvalue weighted by molar-refractivity contribution is 7.47. The molecule has 0 heterocycles. The largest absolute Gasteiger partial charge is 0.472 e. The summed E-state index contributed by atoms with van der Waals surface area (Å²) in [7, 11) is -4.44. The summed E-state index contributed by atoms with van der Waals surface area (Å²) in [6, 6.07) is 0. The van der Waals surface area contributed by atoms with Crippen molar-refractivity contribution in [2.45, 2.75) is 174 Å². The molecule has 0 aliphatic rings. The number of ether oxygens (including phenoxy) is 1. The van der Waals surface area contributed by atoms with Crippen molar-refractivity contribution in [2.75, 3.05) is 26.4 Å². The van der Waals surface area contributed by atoms with E-state index in [2.05, 4.69) is 141 Å². The molecule has 0 radical (unpaired) electrons. The molecule has 0 aliphatic carbocycles. The van der Waals surface area contributed by atoms with Gasteiger partial charge in [-0.1, -0.05) is 174 Å². The van der Waals surface area contributed by atoms with Crippen LogP contribution in [0, 0.1) is 0 Å². The molecule has 0 aromatic carbocycles. The third kappa shape index (κ3) is 49.3. The van der Waals surface area contributed by atoms with Gasteiger partial charge in [0.1, 0.15) is 12.7 Å². The summed E-state index contributed by atoms with van der Waals surface area (Å²) in [6.45, 7) is 3.26. The fourth-order valence-electron chi connectivity index (χ4n) is 5.84. The number of hydrogen-bond acceptors (Lipinski definition) is 7. The molecule has 3 N–H and O–H groups in total. The van der Waals surface area contributed by atoms with Gasteiger partial charge in [-0.2, -0.15) is 0 Å². The predicted octanol–water partition coefficient (Wildman–Crippen LogP) is 14.1. The molecule has 0 fully saturated rings. The van der Waals surface area contributed by atoms with Crippen LogP contribution in [0.5, 0.6) is 0 Å². The molecule has 0 saturated heterocycles. The average Bonchev–Trinajstić information content (AvgIpc) is 3.27. The van der Waals surface area contributed by atoms with Crippen LogP contribution in [0.25, 0.3) is 0 Å². The first-order valence-corrected chi connectivity index (χ1v) is 25.5. The van der Waals surface area contributed by atoms with E-state index in [1.807, 2.05) is 0 Å². The van der Waals surface area contributed by atoms with E-state index >= 15 is 0 Å². The molecule has 0 aliphatic heterocycles. The quantitative estimate of drug-likeness (QED) is 0.0239. The molecule has 0 rings (SSSR count). The van der Waals surface area contributed by atoms with E-state index in [0.29, 0.717) is 12.8 Å². The number of carbonyl (C=O) groups is 2. The Kier molecular flexibility index (Phi) is 45.2. The number of phosphoric acid groups is 1. The van der Waals surface area contributed by atoms with Crippen molar-refractivity contribution in [1.29, 1.82) is 0 Å². The number of phosphoric ester groups is 1. The van der Waals surface area contributed by atoms with Crippen molar-refractivity contribution < 1.29 is 37.9 Å². The van der Waals surface area contributed by atoms with Crippen LogP contribution in [0.15, 0.2) is 122 Å². The van der Waals surface area contributed by atoms with Gasteiger partial charge in [0.2, 0.25) is 5.91 Å². The van der Waals surface area contributed by atoms with Crippen LogP contribution in [0.4, 0.5) is 0 Å². The molecule has 0 aromatic rings. The normalized spacial score (nSPS) is 14.3. The Bertz CT molecular complexity index is 1440. The van der Waals surface area contributed by atoms with E-state index in [1.165, 1.54) is 0 Å². The van der Waals surface area contributed by atoms with Gasteiger partial charge in [-0.3, -0.25) is 18.6 Å². The van der Waals surface area contributed by atoms with Crippen molar-refractivity contribution in [3.63, 3.8) is 0 Å². The molecular weight excluding hydrogens is 810 g/mol. The maximum atomic E-state index is 12.1. The monoisotopic (exact) mass is 896 g/mol. The van der Waals surface area contributed by atoms with Crippen molar-refractivity contribution in [1.82, 2.24) is 5.32 Å². The van der Waals surface area contributed by atoms with Crippen molar-refractivity contribution >= 4 is 19.7 Å². The van der Waals surface area contributed by atoms with Gasteiger partial charge in [0.05, 0.1) is 13.2 Å². The fraction of sp³-hybridized carbons (Fsp3) is 0.585.